The lowest BCUT2D eigenvalue weighted by Gasteiger charge is -2.30. The van der Waals surface area contributed by atoms with Crippen LogP contribution < -0.4 is 5.32 Å². The Kier molecular flexibility index (Phi) is 5.67. The maximum absolute atomic E-state index is 12.1. The Hall–Kier alpha value is -2.26. The van der Waals surface area contributed by atoms with E-state index in [-0.39, 0.29) is 18.4 Å². The van der Waals surface area contributed by atoms with E-state index < -0.39 is 10.0 Å². The van der Waals surface area contributed by atoms with E-state index in [2.05, 4.69) is 15.5 Å². The van der Waals surface area contributed by atoms with Crippen molar-refractivity contribution in [1.29, 1.82) is 0 Å². The van der Waals surface area contributed by atoms with Crippen LogP contribution in [-0.4, -0.2) is 54.2 Å². The zero-order chi connectivity index (χ0) is 18.6. The molecule has 9 heteroatoms. The standard InChI is InChI=1S/C17H22N4O4S/c1-26(23,24)21-11-9-14(10-12-21)18-15(22)7-8-16-19-17(20-25-16)13-5-3-2-4-6-13/h2-6,14H,7-12H2,1H3,(H,18,22). The third-order valence-corrected chi connectivity index (χ3v) is 5.66. The molecule has 0 unspecified atom stereocenters. The van der Waals surface area contributed by atoms with Crippen molar-refractivity contribution in [3.8, 4) is 11.4 Å². The van der Waals surface area contributed by atoms with Crippen LogP contribution in [0.25, 0.3) is 11.4 Å². The number of hydrogen-bond donors (Lipinski definition) is 1. The van der Waals surface area contributed by atoms with Crippen LogP contribution in [-0.2, 0) is 21.2 Å². The highest BCUT2D eigenvalue weighted by molar-refractivity contribution is 7.88. The third-order valence-electron chi connectivity index (χ3n) is 4.35. The molecule has 140 valence electrons. The fraction of sp³-hybridized carbons (Fsp3) is 0.471. The third kappa shape index (κ3) is 4.89. The van der Waals surface area contributed by atoms with E-state index in [1.165, 1.54) is 10.6 Å². The Morgan fingerprint density at radius 3 is 2.62 bits per heavy atom. The molecule has 1 aliphatic heterocycles. The molecular formula is C17H22N4O4S. The highest BCUT2D eigenvalue weighted by atomic mass is 32.2. The van der Waals surface area contributed by atoms with Gasteiger partial charge in [-0.2, -0.15) is 4.98 Å². The molecule has 0 atom stereocenters. The molecule has 2 aromatic rings. The van der Waals surface area contributed by atoms with E-state index in [9.17, 15) is 13.2 Å². The second kappa shape index (κ2) is 7.96. The molecule has 1 aliphatic rings. The summed E-state index contributed by atoms with van der Waals surface area (Å²) in [5.74, 6) is 0.835. The summed E-state index contributed by atoms with van der Waals surface area (Å²) in [4.78, 5) is 16.4. The van der Waals surface area contributed by atoms with E-state index >= 15 is 0 Å². The highest BCUT2D eigenvalue weighted by Gasteiger charge is 2.25. The van der Waals surface area contributed by atoms with Crippen molar-refractivity contribution in [2.24, 2.45) is 0 Å². The molecule has 1 fully saturated rings. The van der Waals surface area contributed by atoms with Crippen LogP contribution in [0, 0.1) is 0 Å². The van der Waals surface area contributed by atoms with Crippen LogP contribution in [0.4, 0.5) is 0 Å². The number of rotatable bonds is 6. The van der Waals surface area contributed by atoms with E-state index in [1.807, 2.05) is 30.3 Å². The molecule has 26 heavy (non-hydrogen) atoms. The average Bonchev–Trinajstić information content (AvgIpc) is 3.09. The van der Waals surface area contributed by atoms with Crippen LogP contribution >= 0.6 is 0 Å². The smallest absolute Gasteiger partial charge is 0.227 e. The summed E-state index contributed by atoms with van der Waals surface area (Å²) in [6.45, 7) is 0.877. The molecule has 3 rings (SSSR count). The Bertz CT molecular complexity index is 843. The molecule has 1 amide bonds. The van der Waals surface area contributed by atoms with Crippen LogP contribution in [0.1, 0.15) is 25.2 Å². The average molecular weight is 378 g/mol. The molecule has 1 aromatic carbocycles. The Morgan fingerprint density at radius 1 is 1.27 bits per heavy atom. The first-order valence-electron chi connectivity index (χ1n) is 8.54. The van der Waals surface area contributed by atoms with Crippen LogP contribution in [0.15, 0.2) is 34.9 Å². The van der Waals surface area contributed by atoms with Crippen molar-refractivity contribution in [3.63, 3.8) is 0 Å². The van der Waals surface area contributed by atoms with Gasteiger partial charge in [-0.15, -0.1) is 0 Å². The zero-order valence-corrected chi connectivity index (χ0v) is 15.4. The van der Waals surface area contributed by atoms with E-state index in [4.69, 9.17) is 4.52 Å². The number of aryl methyl sites for hydroxylation is 1. The van der Waals surface area contributed by atoms with Gasteiger partial charge in [0.05, 0.1) is 6.26 Å². The van der Waals surface area contributed by atoms with Crippen LogP contribution in [0.3, 0.4) is 0 Å². The largest absolute Gasteiger partial charge is 0.353 e. The maximum atomic E-state index is 12.1. The SMILES string of the molecule is CS(=O)(=O)N1CCC(NC(=O)CCc2nc(-c3ccccc3)no2)CC1. The minimum Gasteiger partial charge on any atom is -0.353 e. The maximum Gasteiger partial charge on any atom is 0.227 e. The number of sulfonamides is 1. The summed E-state index contributed by atoms with van der Waals surface area (Å²) in [5, 5.41) is 6.88. The summed E-state index contributed by atoms with van der Waals surface area (Å²) < 4.78 is 29.6. The number of piperidine rings is 1. The molecule has 0 spiro atoms. The molecule has 0 saturated carbocycles. The van der Waals surface area contributed by atoms with Crippen LogP contribution in [0.2, 0.25) is 0 Å². The summed E-state index contributed by atoms with van der Waals surface area (Å²) in [6.07, 6.45) is 3.08. The molecule has 0 radical (unpaired) electrons. The van der Waals surface area contributed by atoms with Gasteiger partial charge in [-0.05, 0) is 12.8 Å². The normalized spacial score (nSPS) is 16.5. The number of carbonyl (C=O) groups is 1. The summed E-state index contributed by atoms with van der Waals surface area (Å²) in [6, 6.07) is 9.49. The number of nitrogens with one attached hydrogen (secondary N) is 1. The van der Waals surface area contributed by atoms with Gasteiger partial charge in [0.1, 0.15) is 0 Å². The zero-order valence-electron chi connectivity index (χ0n) is 14.6. The molecule has 1 saturated heterocycles. The second-order valence-electron chi connectivity index (χ2n) is 6.38. The lowest BCUT2D eigenvalue weighted by Crippen LogP contribution is -2.46. The Morgan fingerprint density at radius 2 is 1.96 bits per heavy atom. The molecule has 1 aromatic heterocycles. The lowest BCUT2D eigenvalue weighted by atomic mass is 10.1. The van der Waals surface area contributed by atoms with Gasteiger partial charge in [0.2, 0.25) is 27.6 Å². The molecular weight excluding hydrogens is 356 g/mol. The van der Waals surface area contributed by atoms with Crippen molar-refractivity contribution in [2.75, 3.05) is 19.3 Å². The van der Waals surface area contributed by atoms with E-state index in [1.54, 1.807) is 0 Å². The monoisotopic (exact) mass is 378 g/mol. The van der Waals surface area contributed by atoms with Gasteiger partial charge in [0.25, 0.3) is 0 Å². The topological polar surface area (TPSA) is 105 Å². The molecule has 2 heterocycles. The number of carbonyl (C=O) groups excluding carboxylic acids is 1. The van der Waals surface area contributed by atoms with Crippen molar-refractivity contribution in [1.82, 2.24) is 19.8 Å². The quantitative estimate of drug-likeness (QED) is 0.810. The van der Waals surface area contributed by atoms with Crippen molar-refractivity contribution in [3.05, 3.63) is 36.2 Å². The van der Waals surface area contributed by atoms with Crippen molar-refractivity contribution >= 4 is 15.9 Å². The summed E-state index contributed by atoms with van der Waals surface area (Å²) >= 11 is 0. The minimum atomic E-state index is -3.15. The van der Waals surface area contributed by atoms with Gasteiger partial charge >= 0.3 is 0 Å². The second-order valence-corrected chi connectivity index (χ2v) is 8.36. The number of aromatic nitrogens is 2. The van der Waals surface area contributed by atoms with Crippen molar-refractivity contribution < 1.29 is 17.7 Å². The fourth-order valence-corrected chi connectivity index (χ4v) is 3.79. The number of benzene rings is 1. The number of amides is 1. The van der Waals surface area contributed by atoms with Gasteiger partial charge in [0.15, 0.2) is 0 Å². The van der Waals surface area contributed by atoms with Gasteiger partial charge < -0.3 is 9.84 Å². The van der Waals surface area contributed by atoms with Gasteiger partial charge in [0, 0.05) is 37.5 Å². The predicted octanol–water partition coefficient (Wildman–Crippen LogP) is 1.21. The molecule has 8 nitrogen and oxygen atoms in total. The predicted molar refractivity (Wildman–Crippen MR) is 95.6 cm³/mol. The first-order chi connectivity index (χ1) is 12.4. The molecule has 0 aliphatic carbocycles. The van der Waals surface area contributed by atoms with Gasteiger partial charge in [-0.1, -0.05) is 35.5 Å². The minimum absolute atomic E-state index is 0.00284. The summed E-state index contributed by atoms with van der Waals surface area (Å²) in [7, 11) is -3.15. The Labute approximate surface area is 152 Å². The van der Waals surface area contributed by atoms with E-state index in [0.717, 1.165) is 5.56 Å². The van der Waals surface area contributed by atoms with Gasteiger partial charge in [-0.3, -0.25) is 4.79 Å². The lowest BCUT2D eigenvalue weighted by molar-refractivity contribution is -0.122. The molecule has 1 N–H and O–H groups in total. The fourth-order valence-electron chi connectivity index (χ4n) is 2.91. The highest BCUT2D eigenvalue weighted by Crippen LogP contribution is 2.16. The first-order valence-corrected chi connectivity index (χ1v) is 10.4. The number of nitrogens with zero attached hydrogens (tertiary/aromatic N) is 3. The van der Waals surface area contributed by atoms with Gasteiger partial charge in [-0.25, -0.2) is 12.7 Å². The van der Waals surface area contributed by atoms with E-state index in [0.29, 0.717) is 44.1 Å². The Balaban J connectivity index is 1.44. The molecule has 0 bridgehead atoms. The van der Waals surface area contributed by atoms with Crippen molar-refractivity contribution in [2.45, 2.75) is 31.7 Å². The summed E-state index contributed by atoms with van der Waals surface area (Å²) in [5.41, 5.74) is 0.865. The van der Waals surface area contributed by atoms with Crippen LogP contribution in [0.5, 0.6) is 0 Å². The number of hydrogen-bond acceptors (Lipinski definition) is 6. The first kappa shape index (κ1) is 18.5.